The molecule has 1 N–H and O–H groups in total. The largest absolute Gasteiger partial charge is 0.345 e. The maximum Gasteiger partial charge on any atom is 0.111 e. The van der Waals surface area contributed by atoms with Crippen LogP contribution in [0.25, 0.3) is 11.3 Å². The molecule has 0 fully saturated rings. The Morgan fingerprint density at radius 2 is 1.52 bits per heavy atom. The first-order valence-corrected chi connectivity index (χ1v) is 8.41. The molecule has 2 aromatic carbocycles. The third-order valence-electron chi connectivity index (χ3n) is 3.55. The zero-order valence-electron chi connectivity index (χ0n) is 12.1. The molecule has 118 valence electrons. The molecule has 0 spiro atoms. The second kappa shape index (κ2) is 6.74. The van der Waals surface area contributed by atoms with Crippen molar-refractivity contribution in [2.75, 3.05) is 0 Å². The van der Waals surface area contributed by atoms with Gasteiger partial charge in [-0.15, -0.1) is 0 Å². The zero-order chi connectivity index (χ0) is 16.6. The molecule has 0 amide bonds. The van der Waals surface area contributed by atoms with Gasteiger partial charge in [-0.05, 0) is 30.7 Å². The molecule has 0 saturated carbocycles. The fourth-order valence-electron chi connectivity index (χ4n) is 2.42. The lowest BCUT2D eigenvalue weighted by molar-refractivity contribution is 1.02. The Labute approximate surface area is 154 Å². The lowest BCUT2D eigenvalue weighted by Crippen LogP contribution is -1.93. The Bertz CT molecular complexity index is 851. The molecule has 0 aliphatic rings. The van der Waals surface area contributed by atoms with E-state index >= 15 is 0 Å². The first-order chi connectivity index (χ1) is 11.0. The molecule has 6 heteroatoms. The van der Waals surface area contributed by atoms with E-state index in [2.05, 4.69) is 9.97 Å². The van der Waals surface area contributed by atoms with Crippen LogP contribution in [0.3, 0.4) is 0 Å². The van der Waals surface area contributed by atoms with Crippen LogP contribution < -0.4 is 0 Å². The molecule has 0 radical (unpaired) electrons. The minimum Gasteiger partial charge on any atom is -0.345 e. The first-order valence-electron chi connectivity index (χ1n) is 6.90. The molecule has 0 aliphatic carbocycles. The highest BCUT2D eigenvalue weighted by atomic mass is 35.5. The fraction of sp³-hybridized carbons (Fsp3) is 0.118. The van der Waals surface area contributed by atoms with Gasteiger partial charge < -0.3 is 4.98 Å². The molecule has 0 aliphatic heterocycles. The summed E-state index contributed by atoms with van der Waals surface area (Å²) in [4.78, 5) is 7.91. The van der Waals surface area contributed by atoms with Crippen LogP contribution in [0.2, 0.25) is 20.1 Å². The van der Waals surface area contributed by atoms with Crippen LogP contribution in [0.5, 0.6) is 0 Å². The summed E-state index contributed by atoms with van der Waals surface area (Å²) >= 11 is 24.8. The van der Waals surface area contributed by atoms with Crippen LogP contribution in [-0.2, 0) is 6.42 Å². The van der Waals surface area contributed by atoms with Crippen LogP contribution in [0.4, 0.5) is 0 Å². The number of nitrogens with zero attached hydrogens (tertiary/aromatic N) is 1. The maximum atomic E-state index is 6.29. The van der Waals surface area contributed by atoms with Gasteiger partial charge in [-0.3, -0.25) is 0 Å². The average molecular weight is 386 g/mol. The smallest absolute Gasteiger partial charge is 0.111 e. The molecular weight excluding hydrogens is 374 g/mol. The van der Waals surface area contributed by atoms with E-state index in [-0.39, 0.29) is 0 Å². The number of benzene rings is 2. The van der Waals surface area contributed by atoms with Gasteiger partial charge in [0.15, 0.2) is 0 Å². The van der Waals surface area contributed by atoms with E-state index < -0.39 is 0 Å². The Balaban J connectivity index is 2.00. The Kier molecular flexibility index (Phi) is 4.88. The van der Waals surface area contributed by atoms with E-state index in [4.69, 9.17) is 46.4 Å². The minimum atomic E-state index is 0.492. The number of halogens is 4. The highest BCUT2D eigenvalue weighted by Crippen LogP contribution is 2.34. The Morgan fingerprint density at radius 3 is 2.22 bits per heavy atom. The summed E-state index contributed by atoms with van der Waals surface area (Å²) in [5.74, 6) is 0.767. The number of rotatable bonds is 3. The molecule has 0 atom stereocenters. The van der Waals surface area contributed by atoms with Crippen molar-refractivity contribution in [2.24, 2.45) is 0 Å². The van der Waals surface area contributed by atoms with E-state index in [1.165, 1.54) is 0 Å². The van der Waals surface area contributed by atoms with Crippen molar-refractivity contribution < 1.29 is 0 Å². The van der Waals surface area contributed by atoms with E-state index in [1.807, 2.05) is 37.3 Å². The van der Waals surface area contributed by atoms with Crippen LogP contribution in [0, 0.1) is 6.92 Å². The van der Waals surface area contributed by atoms with Gasteiger partial charge in [0.05, 0.1) is 15.7 Å². The van der Waals surface area contributed by atoms with E-state index in [9.17, 15) is 0 Å². The molecule has 0 saturated heterocycles. The van der Waals surface area contributed by atoms with Crippen LogP contribution in [0.15, 0.2) is 36.4 Å². The fourth-order valence-corrected chi connectivity index (χ4v) is 3.34. The summed E-state index contributed by atoms with van der Waals surface area (Å²) in [7, 11) is 0. The second-order valence-electron chi connectivity index (χ2n) is 5.14. The quantitative estimate of drug-likeness (QED) is 0.541. The third kappa shape index (κ3) is 3.36. The van der Waals surface area contributed by atoms with E-state index in [0.29, 0.717) is 26.5 Å². The summed E-state index contributed by atoms with van der Waals surface area (Å²) in [5, 5.41) is 2.23. The molecule has 0 bridgehead atoms. The number of hydrogen-bond acceptors (Lipinski definition) is 1. The van der Waals surface area contributed by atoms with Crippen LogP contribution in [0.1, 0.15) is 17.1 Å². The molecule has 23 heavy (non-hydrogen) atoms. The van der Waals surface area contributed by atoms with E-state index in [1.54, 1.807) is 6.07 Å². The molecule has 3 aromatic rings. The molecule has 0 unspecified atom stereocenters. The van der Waals surface area contributed by atoms with Crippen molar-refractivity contribution >= 4 is 46.4 Å². The number of aryl methyl sites for hydroxylation is 1. The van der Waals surface area contributed by atoms with Crippen molar-refractivity contribution in [1.29, 1.82) is 0 Å². The molecule has 2 nitrogen and oxygen atoms in total. The first kappa shape index (κ1) is 16.7. The number of hydrogen-bond donors (Lipinski definition) is 1. The van der Waals surface area contributed by atoms with Gasteiger partial charge in [0, 0.05) is 27.7 Å². The molecule has 3 rings (SSSR count). The maximum absolute atomic E-state index is 6.29. The lowest BCUT2D eigenvalue weighted by atomic mass is 10.1. The molecule has 1 heterocycles. The topological polar surface area (TPSA) is 28.7 Å². The summed E-state index contributed by atoms with van der Waals surface area (Å²) in [6, 6.07) is 10.9. The minimum absolute atomic E-state index is 0.492. The molecule has 1 aromatic heterocycles. The molecular formula is C17H12Cl4N2. The standard InChI is InChI=1S/C17H12Cl4N2/c1-9-17(10-4-2-7-14(20)16(10)21)23-15(22-9)8-11-12(18)5-3-6-13(11)19/h2-7H,8H2,1H3,(H,22,23). The van der Waals surface area contributed by atoms with Gasteiger partial charge in [0.2, 0.25) is 0 Å². The SMILES string of the molecule is Cc1[nH]c(Cc2c(Cl)cccc2Cl)nc1-c1cccc(Cl)c1Cl. The van der Waals surface area contributed by atoms with Crippen molar-refractivity contribution in [2.45, 2.75) is 13.3 Å². The van der Waals surface area contributed by atoms with Gasteiger partial charge >= 0.3 is 0 Å². The van der Waals surface area contributed by atoms with Gasteiger partial charge in [-0.2, -0.15) is 0 Å². The summed E-state index contributed by atoms with van der Waals surface area (Å²) < 4.78 is 0. The lowest BCUT2D eigenvalue weighted by Gasteiger charge is -2.04. The van der Waals surface area contributed by atoms with Crippen molar-refractivity contribution in [3.8, 4) is 11.3 Å². The number of H-pyrrole nitrogens is 1. The summed E-state index contributed by atoms with van der Waals surface area (Å²) in [6.45, 7) is 1.94. The monoisotopic (exact) mass is 384 g/mol. The summed E-state index contributed by atoms with van der Waals surface area (Å²) in [5.41, 5.74) is 3.32. The van der Waals surface area contributed by atoms with Gasteiger partial charge in [0.1, 0.15) is 5.82 Å². The second-order valence-corrected chi connectivity index (χ2v) is 6.74. The number of imidazole rings is 1. The predicted molar refractivity (Wildman–Crippen MR) is 98.0 cm³/mol. The predicted octanol–water partition coefficient (Wildman–Crippen LogP) is 6.59. The average Bonchev–Trinajstić information content (AvgIpc) is 2.87. The third-order valence-corrected chi connectivity index (χ3v) is 5.07. The highest BCUT2D eigenvalue weighted by Gasteiger charge is 2.15. The van der Waals surface area contributed by atoms with Gasteiger partial charge in [0.25, 0.3) is 0 Å². The Morgan fingerprint density at radius 1 is 0.913 bits per heavy atom. The van der Waals surface area contributed by atoms with Crippen molar-refractivity contribution in [1.82, 2.24) is 9.97 Å². The number of aromatic nitrogens is 2. The van der Waals surface area contributed by atoms with Crippen LogP contribution >= 0.6 is 46.4 Å². The normalized spacial score (nSPS) is 11.0. The number of nitrogens with one attached hydrogen (secondary N) is 1. The summed E-state index contributed by atoms with van der Waals surface area (Å²) in [6.07, 6.45) is 0.511. The Hall–Kier alpha value is -1.19. The van der Waals surface area contributed by atoms with E-state index in [0.717, 1.165) is 28.3 Å². The van der Waals surface area contributed by atoms with Crippen molar-refractivity contribution in [3.05, 3.63) is 73.6 Å². The number of aromatic amines is 1. The van der Waals surface area contributed by atoms with Crippen LogP contribution in [-0.4, -0.2) is 9.97 Å². The zero-order valence-corrected chi connectivity index (χ0v) is 15.2. The van der Waals surface area contributed by atoms with Crippen molar-refractivity contribution in [3.63, 3.8) is 0 Å². The van der Waals surface area contributed by atoms with Gasteiger partial charge in [-0.25, -0.2) is 4.98 Å². The van der Waals surface area contributed by atoms with Gasteiger partial charge in [-0.1, -0.05) is 64.6 Å². The highest BCUT2D eigenvalue weighted by molar-refractivity contribution is 6.43.